The molecule has 1 fully saturated rings. The summed E-state index contributed by atoms with van der Waals surface area (Å²) in [6.07, 6.45) is -0.421. The van der Waals surface area contributed by atoms with Crippen molar-refractivity contribution < 1.29 is 27.0 Å². The average molecular weight is 344 g/mol. The maximum atomic E-state index is 13.0. The van der Waals surface area contributed by atoms with Crippen LogP contribution in [0.25, 0.3) is 10.2 Å². The lowest BCUT2D eigenvalue weighted by Crippen LogP contribution is -2.26. The summed E-state index contributed by atoms with van der Waals surface area (Å²) in [6, 6.07) is 4.31. The molecule has 1 aromatic carbocycles. The zero-order valence-electron chi connectivity index (χ0n) is 10.9. The van der Waals surface area contributed by atoms with Crippen LogP contribution in [0.3, 0.4) is 0 Å². The maximum absolute atomic E-state index is 13.0. The van der Waals surface area contributed by atoms with Crippen LogP contribution in [0, 0.1) is 0 Å². The van der Waals surface area contributed by atoms with Crippen LogP contribution in [-0.2, 0) is 15.0 Å². The Labute approximate surface area is 128 Å². The minimum absolute atomic E-state index is 0.0830. The molecule has 116 valence electrons. The van der Waals surface area contributed by atoms with Crippen LogP contribution in [0.4, 0.5) is 9.02 Å². The SMILES string of the molecule is O=C(O)c1ccc2nc(N3CC(S(=O)(=O)F)CC3=O)sc2c1. The molecule has 2 heterocycles. The van der Waals surface area contributed by atoms with Gasteiger partial charge in [0.15, 0.2) is 5.13 Å². The molecule has 10 heteroatoms. The molecule has 0 radical (unpaired) electrons. The lowest BCUT2D eigenvalue weighted by molar-refractivity contribution is -0.117. The first-order valence-electron chi connectivity index (χ1n) is 6.13. The van der Waals surface area contributed by atoms with Crippen LogP contribution in [0.5, 0.6) is 0 Å². The summed E-state index contributed by atoms with van der Waals surface area (Å²) in [7, 11) is -4.79. The Kier molecular flexibility index (Phi) is 3.37. The van der Waals surface area contributed by atoms with Crippen LogP contribution < -0.4 is 4.90 Å². The topological polar surface area (TPSA) is 105 Å². The summed E-state index contributed by atoms with van der Waals surface area (Å²) in [5.74, 6) is -1.61. The number of hydrogen-bond donors (Lipinski definition) is 1. The highest BCUT2D eigenvalue weighted by Gasteiger charge is 2.40. The van der Waals surface area contributed by atoms with Crippen molar-refractivity contribution in [2.24, 2.45) is 0 Å². The standard InChI is InChI=1S/C12H9FN2O5S2/c13-22(19,20)7-4-10(16)15(5-7)12-14-8-2-1-6(11(17)18)3-9(8)21-12/h1-3,7H,4-5H2,(H,17,18). The fourth-order valence-electron chi connectivity index (χ4n) is 2.21. The fraction of sp³-hybridized carbons (Fsp3) is 0.250. The summed E-state index contributed by atoms with van der Waals surface area (Å²) in [6.45, 7) is -0.288. The van der Waals surface area contributed by atoms with Gasteiger partial charge in [-0.15, -0.1) is 3.89 Å². The quantitative estimate of drug-likeness (QED) is 0.844. The van der Waals surface area contributed by atoms with Crippen molar-refractivity contribution in [3.8, 4) is 0 Å². The number of amides is 1. The van der Waals surface area contributed by atoms with Crippen molar-refractivity contribution >= 4 is 48.8 Å². The van der Waals surface area contributed by atoms with Crippen LogP contribution in [-0.4, -0.2) is 42.2 Å². The third-order valence-electron chi connectivity index (χ3n) is 3.34. The van der Waals surface area contributed by atoms with Crippen molar-refractivity contribution in [3.63, 3.8) is 0 Å². The highest BCUT2D eigenvalue weighted by Crippen LogP contribution is 2.33. The normalized spacial score (nSPS) is 19.0. The van der Waals surface area contributed by atoms with Gasteiger partial charge in [-0.05, 0) is 18.2 Å². The number of carbonyl (C=O) groups is 2. The van der Waals surface area contributed by atoms with Gasteiger partial charge in [-0.2, -0.15) is 8.42 Å². The smallest absolute Gasteiger partial charge is 0.335 e. The van der Waals surface area contributed by atoms with Crippen molar-refractivity contribution in [2.75, 3.05) is 11.4 Å². The fourth-order valence-corrected chi connectivity index (χ4v) is 3.91. The van der Waals surface area contributed by atoms with Gasteiger partial charge in [0.2, 0.25) is 5.91 Å². The van der Waals surface area contributed by atoms with Gasteiger partial charge in [0.05, 0.1) is 15.8 Å². The molecule has 22 heavy (non-hydrogen) atoms. The summed E-state index contributed by atoms with van der Waals surface area (Å²) >= 11 is 1.06. The number of aromatic carboxylic acids is 1. The second kappa shape index (κ2) is 4.99. The van der Waals surface area contributed by atoms with Crippen molar-refractivity contribution in [1.82, 2.24) is 4.98 Å². The van der Waals surface area contributed by atoms with Gasteiger partial charge in [-0.3, -0.25) is 9.69 Å². The number of anilines is 1. The monoisotopic (exact) mass is 344 g/mol. The van der Waals surface area contributed by atoms with Crippen LogP contribution >= 0.6 is 11.3 Å². The minimum atomic E-state index is -4.79. The summed E-state index contributed by atoms with van der Waals surface area (Å²) in [5.41, 5.74) is 0.573. The van der Waals surface area contributed by atoms with Gasteiger partial charge in [0, 0.05) is 13.0 Å². The number of hydrogen-bond acceptors (Lipinski definition) is 6. The Morgan fingerprint density at radius 1 is 1.45 bits per heavy atom. The van der Waals surface area contributed by atoms with Crippen molar-refractivity contribution in [2.45, 2.75) is 11.7 Å². The number of carboxylic acid groups (broad SMARTS) is 1. The van der Waals surface area contributed by atoms with E-state index in [1.165, 1.54) is 18.2 Å². The molecule has 7 nitrogen and oxygen atoms in total. The molecule has 1 aromatic heterocycles. The lowest BCUT2D eigenvalue weighted by atomic mass is 10.2. The second-order valence-corrected chi connectivity index (χ2v) is 7.42. The summed E-state index contributed by atoms with van der Waals surface area (Å²) < 4.78 is 35.4. The molecule has 0 saturated carbocycles. The van der Waals surface area contributed by atoms with Crippen LogP contribution in [0.2, 0.25) is 0 Å². The molecule has 1 N–H and O–H groups in total. The van der Waals surface area contributed by atoms with E-state index >= 15 is 0 Å². The zero-order chi connectivity index (χ0) is 16.1. The first kappa shape index (κ1) is 14.9. The molecule has 1 unspecified atom stereocenters. The van der Waals surface area contributed by atoms with E-state index in [0.717, 1.165) is 16.2 Å². The van der Waals surface area contributed by atoms with E-state index in [-0.39, 0.29) is 17.2 Å². The Morgan fingerprint density at radius 3 is 2.77 bits per heavy atom. The Hall–Kier alpha value is -2.07. The molecule has 1 aliphatic heterocycles. The highest BCUT2D eigenvalue weighted by molar-refractivity contribution is 7.87. The molecule has 2 aromatic rings. The van der Waals surface area contributed by atoms with E-state index in [1.807, 2.05) is 0 Å². The third-order valence-corrected chi connectivity index (χ3v) is 5.50. The van der Waals surface area contributed by atoms with Gasteiger partial charge in [0.1, 0.15) is 5.25 Å². The summed E-state index contributed by atoms with van der Waals surface area (Å²) in [4.78, 5) is 28.1. The number of fused-ring (bicyclic) bond motifs is 1. The number of carboxylic acids is 1. The number of benzene rings is 1. The molecule has 1 saturated heterocycles. The Balaban J connectivity index is 1.97. The van der Waals surface area contributed by atoms with Gasteiger partial charge in [0.25, 0.3) is 0 Å². The van der Waals surface area contributed by atoms with E-state index < -0.39 is 33.8 Å². The predicted molar refractivity (Wildman–Crippen MR) is 77.4 cm³/mol. The van der Waals surface area contributed by atoms with Gasteiger partial charge < -0.3 is 5.11 Å². The second-order valence-electron chi connectivity index (χ2n) is 4.79. The molecular weight excluding hydrogens is 335 g/mol. The average Bonchev–Trinajstić information content (AvgIpc) is 2.99. The van der Waals surface area contributed by atoms with Crippen LogP contribution in [0.1, 0.15) is 16.8 Å². The Bertz CT molecular complexity index is 892. The van der Waals surface area contributed by atoms with Gasteiger partial charge >= 0.3 is 16.2 Å². The number of halogens is 1. The molecule has 0 aliphatic carbocycles. The molecule has 0 bridgehead atoms. The summed E-state index contributed by atoms with van der Waals surface area (Å²) in [5, 5.41) is 7.78. The van der Waals surface area contributed by atoms with Gasteiger partial charge in [-0.1, -0.05) is 11.3 Å². The van der Waals surface area contributed by atoms with Crippen molar-refractivity contribution in [1.29, 1.82) is 0 Å². The first-order valence-corrected chi connectivity index (χ1v) is 8.40. The van der Waals surface area contributed by atoms with Gasteiger partial charge in [-0.25, -0.2) is 9.78 Å². The number of thiazole rings is 1. The highest BCUT2D eigenvalue weighted by atomic mass is 32.3. The number of aromatic nitrogens is 1. The van der Waals surface area contributed by atoms with E-state index in [1.54, 1.807) is 0 Å². The lowest BCUT2D eigenvalue weighted by Gasteiger charge is -2.11. The maximum Gasteiger partial charge on any atom is 0.335 e. The van der Waals surface area contributed by atoms with Crippen LogP contribution in [0.15, 0.2) is 18.2 Å². The largest absolute Gasteiger partial charge is 0.478 e. The predicted octanol–water partition coefficient (Wildman–Crippen LogP) is 1.40. The number of rotatable bonds is 3. The molecule has 1 amide bonds. The third kappa shape index (κ3) is 2.55. The molecule has 0 spiro atoms. The van der Waals surface area contributed by atoms with E-state index in [0.29, 0.717) is 10.2 Å². The number of nitrogens with zero attached hydrogens (tertiary/aromatic N) is 2. The molecule has 1 atom stereocenters. The number of carbonyl (C=O) groups excluding carboxylic acids is 1. The zero-order valence-corrected chi connectivity index (χ0v) is 12.5. The Morgan fingerprint density at radius 2 is 2.18 bits per heavy atom. The first-order chi connectivity index (χ1) is 10.3. The van der Waals surface area contributed by atoms with Crippen molar-refractivity contribution in [3.05, 3.63) is 23.8 Å². The molecule has 1 aliphatic rings. The minimum Gasteiger partial charge on any atom is -0.478 e. The van der Waals surface area contributed by atoms with E-state index in [9.17, 15) is 21.9 Å². The molecule has 3 rings (SSSR count). The van der Waals surface area contributed by atoms with E-state index in [2.05, 4.69) is 4.98 Å². The van der Waals surface area contributed by atoms with E-state index in [4.69, 9.17) is 5.11 Å². The molecular formula is C12H9FN2O5S2.